The number of carbonyl (C=O) groups is 2. The maximum atomic E-state index is 11.8. The Morgan fingerprint density at radius 3 is 2.06 bits per heavy atom. The molecule has 0 saturated heterocycles. The second-order valence-electron chi connectivity index (χ2n) is 4.59. The molecule has 0 aliphatic heterocycles. The molecule has 1 atom stereocenters. The fourth-order valence-electron chi connectivity index (χ4n) is 1.06. The molecule has 0 spiro atoms. The number of esters is 1. The Morgan fingerprint density at radius 2 is 1.75 bits per heavy atom. The molecular formula is C11H22N2O3. The van der Waals surface area contributed by atoms with Crippen LogP contribution in [0.2, 0.25) is 0 Å². The summed E-state index contributed by atoms with van der Waals surface area (Å²) >= 11 is 0. The van der Waals surface area contributed by atoms with Crippen LogP contribution in [-0.2, 0) is 14.3 Å². The van der Waals surface area contributed by atoms with E-state index in [4.69, 9.17) is 0 Å². The first-order valence-electron chi connectivity index (χ1n) is 5.34. The molecule has 0 saturated carbocycles. The predicted octanol–water partition coefficient (Wildman–Crippen LogP) is 0.298. The van der Waals surface area contributed by atoms with Gasteiger partial charge in [-0.1, -0.05) is 13.8 Å². The Balaban J connectivity index is 4.65. The molecule has 0 fully saturated rings. The number of likely N-dealkylation sites (N-methyl/N-ethyl adjacent to an activating group) is 1. The lowest BCUT2D eigenvalue weighted by atomic mass is 10.0. The van der Waals surface area contributed by atoms with Crippen LogP contribution in [0.4, 0.5) is 0 Å². The third-order valence-electron chi connectivity index (χ3n) is 2.60. The number of ether oxygens (including phenoxy) is 1. The highest BCUT2D eigenvalue weighted by atomic mass is 16.5. The number of hydrogen-bond acceptors (Lipinski definition) is 4. The van der Waals surface area contributed by atoms with Crippen LogP contribution in [0.3, 0.4) is 0 Å². The summed E-state index contributed by atoms with van der Waals surface area (Å²) in [5.41, 5.74) is -0.707. The lowest BCUT2D eigenvalue weighted by Gasteiger charge is -2.27. The van der Waals surface area contributed by atoms with Crippen molar-refractivity contribution in [3.05, 3.63) is 0 Å². The zero-order valence-corrected chi connectivity index (χ0v) is 10.9. The van der Waals surface area contributed by atoms with Crippen LogP contribution < -0.4 is 10.6 Å². The van der Waals surface area contributed by atoms with Gasteiger partial charge in [0.2, 0.25) is 5.91 Å². The fraction of sp³-hybridized carbons (Fsp3) is 0.818. The highest BCUT2D eigenvalue weighted by Crippen LogP contribution is 2.07. The van der Waals surface area contributed by atoms with Gasteiger partial charge >= 0.3 is 5.97 Å². The summed E-state index contributed by atoms with van der Waals surface area (Å²) in [6.07, 6.45) is 0. The van der Waals surface area contributed by atoms with Crippen molar-refractivity contribution in [3.8, 4) is 0 Å². The lowest BCUT2D eigenvalue weighted by molar-refractivity contribution is -0.147. The summed E-state index contributed by atoms with van der Waals surface area (Å²) in [5, 5.41) is 5.56. The van der Waals surface area contributed by atoms with Crippen molar-refractivity contribution in [3.63, 3.8) is 0 Å². The van der Waals surface area contributed by atoms with Crippen molar-refractivity contribution in [1.29, 1.82) is 0 Å². The van der Waals surface area contributed by atoms with Crippen molar-refractivity contribution >= 4 is 11.9 Å². The van der Waals surface area contributed by atoms with E-state index in [9.17, 15) is 9.59 Å². The van der Waals surface area contributed by atoms with Crippen molar-refractivity contribution < 1.29 is 14.3 Å². The largest absolute Gasteiger partial charge is 0.467 e. The average Bonchev–Trinajstić information content (AvgIpc) is 2.23. The molecule has 5 heteroatoms. The summed E-state index contributed by atoms with van der Waals surface area (Å²) in [6.45, 7) is 7.20. The SMILES string of the molecule is CNC(C)(C)C(=O)NC(C(=O)OC)C(C)C. The topological polar surface area (TPSA) is 67.4 Å². The molecular weight excluding hydrogens is 208 g/mol. The normalized spacial score (nSPS) is 13.4. The second-order valence-corrected chi connectivity index (χ2v) is 4.59. The van der Waals surface area contributed by atoms with Crippen molar-refractivity contribution in [1.82, 2.24) is 10.6 Å². The molecule has 0 radical (unpaired) electrons. The molecule has 0 aliphatic carbocycles. The summed E-state index contributed by atoms with van der Waals surface area (Å²) in [4.78, 5) is 23.3. The highest BCUT2D eigenvalue weighted by Gasteiger charge is 2.31. The third-order valence-corrected chi connectivity index (χ3v) is 2.60. The molecule has 0 aromatic rings. The lowest BCUT2D eigenvalue weighted by Crippen LogP contribution is -2.56. The minimum absolute atomic E-state index is 0.0101. The van der Waals surface area contributed by atoms with Gasteiger partial charge in [-0.2, -0.15) is 0 Å². The molecule has 16 heavy (non-hydrogen) atoms. The first-order valence-corrected chi connectivity index (χ1v) is 5.34. The Hall–Kier alpha value is -1.10. The summed E-state index contributed by atoms with van der Waals surface area (Å²) in [5.74, 6) is -0.654. The Labute approximate surface area is 96.9 Å². The van der Waals surface area contributed by atoms with Crippen LogP contribution >= 0.6 is 0 Å². The molecule has 0 aliphatic rings. The number of methoxy groups -OCH3 is 1. The quantitative estimate of drug-likeness (QED) is 0.667. The van der Waals surface area contributed by atoms with Gasteiger partial charge in [-0.15, -0.1) is 0 Å². The average molecular weight is 230 g/mol. The second kappa shape index (κ2) is 5.84. The molecule has 0 heterocycles. The van der Waals surface area contributed by atoms with E-state index in [1.807, 2.05) is 13.8 Å². The van der Waals surface area contributed by atoms with E-state index in [1.165, 1.54) is 7.11 Å². The maximum absolute atomic E-state index is 11.8. The van der Waals surface area contributed by atoms with Gasteiger partial charge in [0.15, 0.2) is 0 Å². The van der Waals surface area contributed by atoms with E-state index in [-0.39, 0.29) is 11.8 Å². The maximum Gasteiger partial charge on any atom is 0.328 e. The Morgan fingerprint density at radius 1 is 1.25 bits per heavy atom. The molecule has 1 amide bonds. The number of carbonyl (C=O) groups excluding carboxylic acids is 2. The number of amides is 1. The van der Waals surface area contributed by atoms with Crippen LogP contribution in [0.5, 0.6) is 0 Å². The Bertz CT molecular complexity index is 262. The van der Waals surface area contributed by atoms with Gasteiger partial charge in [0.05, 0.1) is 12.6 Å². The fourth-order valence-corrected chi connectivity index (χ4v) is 1.06. The molecule has 5 nitrogen and oxygen atoms in total. The van der Waals surface area contributed by atoms with Crippen LogP contribution in [-0.4, -0.2) is 37.6 Å². The van der Waals surface area contributed by atoms with Crippen LogP contribution in [0.15, 0.2) is 0 Å². The zero-order valence-electron chi connectivity index (χ0n) is 10.9. The van der Waals surface area contributed by atoms with E-state index in [2.05, 4.69) is 15.4 Å². The van der Waals surface area contributed by atoms with Crippen LogP contribution in [0, 0.1) is 5.92 Å². The van der Waals surface area contributed by atoms with E-state index >= 15 is 0 Å². The van der Waals surface area contributed by atoms with Crippen molar-refractivity contribution in [2.75, 3.05) is 14.2 Å². The van der Waals surface area contributed by atoms with Gasteiger partial charge in [0.1, 0.15) is 6.04 Å². The van der Waals surface area contributed by atoms with Gasteiger partial charge in [0.25, 0.3) is 0 Å². The first kappa shape index (κ1) is 14.9. The van der Waals surface area contributed by atoms with Gasteiger partial charge in [-0.3, -0.25) is 4.79 Å². The molecule has 0 bridgehead atoms. The van der Waals surface area contributed by atoms with Gasteiger partial charge < -0.3 is 15.4 Å². The van der Waals surface area contributed by atoms with Crippen LogP contribution in [0.25, 0.3) is 0 Å². The number of rotatable bonds is 5. The van der Waals surface area contributed by atoms with Gasteiger partial charge in [-0.25, -0.2) is 4.79 Å². The van der Waals surface area contributed by atoms with Gasteiger partial charge in [0, 0.05) is 0 Å². The van der Waals surface area contributed by atoms with Gasteiger partial charge in [-0.05, 0) is 26.8 Å². The van der Waals surface area contributed by atoms with E-state index in [0.717, 1.165) is 0 Å². The van der Waals surface area contributed by atoms with Crippen molar-refractivity contribution in [2.45, 2.75) is 39.3 Å². The zero-order chi connectivity index (χ0) is 12.9. The standard InChI is InChI=1S/C11H22N2O3/c1-7(2)8(9(14)16-6)13-10(15)11(3,4)12-5/h7-8,12H,1-6H3,(H,13,15). The molecule has 0 aromatic carbocycles. The molecule has 2 N–H and O–H groups in total. The minimum Gasteiger partial charge on any atom is -0.467 e. The number of hydrogen-bond donors (Lipinski definition) is 2. The summed E-state index contributed by atoms with van der Waals surface area (Å²) in [6, 6.07) is -0.606. The van der Waals surface area contributed by atoms with E-state index < -0.39 is 17.6 Å². The first-order chi connectivity index (χ1) is 7.26. The predicted molar refractivity (Wildman–Crippen MR) is 61.9 cm³/mol. The molecule has 1 unspecified atom stereocenters. The highest BCUT2D eigenvalue weighted by molar-refractivity contribution is 5.90. The molecule has 94 valence electrons. The van der Waals surface area contributed by atoms with E-state index in [0.29, 0.717) is 0 Å². The summed E-state index contributed by atoms with van der Waals surface area (Å²) in [7, 11) is 3.01. The monoisotopic (exact) mass is 230 g/mol. The minimum atomic E-state index is -0.707. The Kier molecular flexibility index (Phi) is 5.44. The van der Waals surface area contributed by atoms with E-state index in [1.54, 1.807) is 20.9 Å². The van der Waals surface area contributed by atoms with Crippen molar-refractivity contribution in [2.24, 2.45) is 5.92 Å². The van der Waals surface area contributed by atoms with Crippen LogP contribution in [0.1, 0.15) is 27.7 Å². The molecule has 0 aromatic heterocycles. The molecule has 0 rings (SSSR count). The summed E-state index contributed by atoms with van der Waals surface area (Å²) < 4.78 is 4.65. The number of nitrogens with one attached hydrogen (secondary N) is 2. The third kappa shape index (κ3) is 3.81. The smallest absolute Gasteiger partial charge is 0.328 e.